The van der Waals surface area contributed by atoms with Crippen molar-refractivity contribution in [2.24, 2.45) is 5.73 Å². The van der Waals surface area contributed by atoms with Crippen LogP contribution in [-0.2, 0) is 18.6 Å². The second-order valence-corrected chi connectivity index (χ2v) is 6.11. The Hall–Kier alpha value is -1.74. The van der Waals surface area contributed by atoms with Gasteiger partial charge in [-0.05, 0) is 30.0 Å². The molecule has 0 atom stereocenters. The van der Waals surface area contributed by atoms with E-state index in [1.165, 1.54) is 11.1 Å². The summed E-state index contributed by atoms with van der Waals surface area (Å²) in [5.74, 6) is 1.70. The maximum absolute atomic E-state index is 5.96. The van der Waals surface area contributed by atoms with Crippen molar-refractivity contribution in [3.05, 3.63) is 53.0 Å². The van der Waals surface area contributed by atoms with E-state index < -0.39 is 0 Å². The van der Waals surface area contributed by atoms with Crippen LogP contribution in [0.4, 0.5) is 0 Å². The van der Waals surface area contributed by atoms with E-state index in [1.807, 2.05) is 12.1 Å². The molecule has 0 saturated heterocycles. The summed E-state index contributed by atoms with van der Waals surface area (Å²) in [6.45, 7) is 9.53. The Morgan fingerprint density at radius 1 is 1.20 bits per heavy atom. The SMILES string of the molecule is Cc1ccc(OCc2occc2CN)c(C(C)(C)C)c1. The van der Waals surface area contributed by atoms with E-state index in [9.17, 15) is 0 Å². The van der Waals surface area contributed by atoms with E-state index >= 15 is 0 Å². The molecule has 3 nitrogen and oxygen atoms in total. The molecule has 0 radical (unpaired) electrons. The lowest BCUT2D eigenvalue weighted by Gasteiger charge is -2.23. The summed E-state index contributed by atoms with van der Waals surface area (Å²) in [6, 6.07) is 8.16. The molecule has 1 heterocycles. The first-order valence-corrected chi connectivity index (χ1v) is 6.91. The molecule has 3 heteroatoms. The van der Waals surface area contributed by atoms with Gasteiger partial charge in [0.2, 0.25) is 0 Å². The van der Waals surface area contributed by atoms with Gasteiger partial charge in [0, 0.05) is 12.1 Å². The van der Waals surface area contributed by atoms with E-state index in [0.29, 0.717) is 13.2 Å². The molecule has 0 aliphatic rings. The molecule has 1 aromatic carbocycles. The summed E-state index contributed by atoms with van der Waals surface area (Å²) in [6.07, 6.45) is 1.65. The van der Waals surface area contributed by atoms with Gasteiger partial charge in [0.1, 0.15) is 18.1 Å². The van der Waals surface area contributed by atoms with Gasteiger partial charge >= 0.3 is 0 Å². The molecule has 0 saturated carbocycles. The third-order valence-electron chi connectivity index (χ3n) is 3.36. The van der Waals surface area contributed by atoms with Crippen LogP contribution in [0, 0.1) is 6.92 Å². The van der Waals surface area contributed by atoms with Gasteiger partial charge in [-0.1, -0.05) is 38.5 Å². The van der Waals surface area contributed by atoms with Crippen LogP contribution in [0.3, 0.4) is 0 Å². The molecule has 2 N–H and O–H groups in total. The van der Waals surface area contributed by atoms with Crippen LogP contribution in [0.25, 0.3) is 0 Å². The fraction of sp³-hybridized carbons (Fsp3) is 0.412. The van der Waals surface area contributed by atoms with Crippen molar-refractivity contribution in [2.75, 3.05) is 0 Å². The van der Waals surface area contributed by atoms with Crippen molar-refractivity contribution in [3.63, 3.8) is 0 Å². The predicted octanol–water partition coefficient (Wildman–Crippen LogP) is 3.92. The van der Waals surface area contributed by atoms with Crippen molar-refractivity contribution in [3.8, 4) is 5.75 Å². The van der Waals surface area contributed by atoms with Gasteiger partial charge in [-0.3, -0.25) is 0 Å². The molecule has 0 spiro atoms. The summed E-state index contributed by atoms with van der Waals surface area (Å²) in [4.78, 5) is 0. The van der Waals surface area contributed by atoms with Crippen LogP contribution in [0.2, 0.25) is 0 Å². The number of nitrogens with two attached hydrogens (primary N) is 1. The molecule has 2 aromatic rings. The van der Waals surface area contributed by atoms with E-state index in [0.717, 1.165) is 17.1 Å². The van der Waals surface area contributed by atoms with Gasteiger partial charge in [-0.15, -0.1) is 0 Å². The molecule has 2 rings (SSSR count). The van der Waals surface area contributed by atoms with Gasteiger partial charge in [-0.25, -0.2) is 0 Å². The Morgan fingerprint density at radius 2 is 1.95 bits per heavy atom. The highest BCUT2D eigenvalue weighted by Gasteiger charge is 2.19. The second kappa shape index (κ2) is 5.71. The molecule has 0 fully saturated rings. The summed E-state index contributed by atoms with van der Waals surface area (Å²) >= 11 is 0. The lowest BCUT2D eigenvalue weighted by atomic mass is 9.85. The van der Waals surface area contributed by atoms with Crippen molar-refractivity contribution < 1.29 is 9.15 Å². The number of rotatable bonds is 4. The van der Waals surface area contributed by atoms with Crippen LogP contribution in [-0.4, -0.2) is 0 Å². The monoisotopic (exact) mass is 273 g/mol. The first-order valence-electron chi connectivity index (χ1n) is 6.91. The van der Waals surface area contributed by atoms with Crippen LogP contribution in [0.15, 0.2) is 34.9 Å². The van der Waals surface area contributed by atoms with Crippen LogP contribution in [0.5, 0.6) is 5.75 Å². The van der Waals surface area contributed by atoms with E-state index in [-0.39, 0.29) is 5.41 Å². The number of furan rings is 1. The van der Waals surface area contributed by atoms with E-state index in [4.69, 9.17) is 14.9 Å². The van der Waals surface area contributed by atoms with Gasteiger partial charge < -0.3 is 14.9 Å². The van der Waals surface area contributed by atoms with Crippen molar-refractivity contribution >= 4 is 0 Å². The summed E-state index contributed by atoms with van der Waals surface area (Å²) in [5.41, 5.74) is 9.15. The largest absolute Gasteiger partial charge is 0.485 e. The highest BCUT2D eigenvalue weighted by Crippen LogP contribution is 2.32. The molecule has 0 aliphatic heterocycles. The zero-order valence-electron chi connectivity index (χ0n) is 12.7. The minimum atomic E-state index is 0.0429. The average Bonchev–Trinajstić information content (AvgIpc) is 2.83. The minimum Gasteiger partial charge on any atom is -0.485 e. The fourth-order valence-corrected chi connectivity index (χ4v) is 2.17. The zero-order chi connectivity index (χ0) is 14.8. The van der Waals surface area contributed by atoms with Gasteiger partial charge in [0.25, 0.3) is 0 Å². The molecular formula is C17H23NO2. The molecule has 1 aromatic heterocycles. The standard InChI is InChI=1S/C17H23NO2/c1-12-5-6-15(14(9-12)17(2,3)4)20-11-16-13(10-18)7-8-19-16/h5-9H,10-11,18H2,1-4H3. The van der Waals surface area contributed by atoms with Crippen molar-refractivity contribution in [1.29, 1.82) is 0 Å². The Kier molecular flexibility index (Phi) is 4.19. The number of ether oxygens (including phenoxy) is 1. The molecule has 0 unspecified atom stereocenters. The first kappa shape index (κ1) is 14.7. The second-order valence-electron chi connectivity index (χ2n) is 6.11. The van der Waals surface area contributed by atoms with Gasteiger partial charge in [-0.2, -0.15) is 0 Å². The number of hydrogen-bond acceptors (Lipinski definition) is 3. The number of aryl methyl sites for hydroxylation is 1. The Labute approximate surface area is 120 Å². The number of benzene rings is 1. The molecule has 108 valence electrons. The van der Waals surface area contributed by atoms with Crippen LogP contribution < -0.4 is 10.5 Å². The normalized spacial score (nSPS) is 11.7. The first-order chi connectivity index (χ1) is 9.41. The molecule has 0 amide bonds. The van der Waals surface area contributed by atoms with Crippen molar-refractivity contribution in [1.82, 2.24) is 0 Å². The summed E-state index contributed by atoms with van der Waals surface area (Å²) in [5, 5.41) is 0. The lowest BCUT2D eigenvalue weighted by Crippen LogP contribution is -2.14. The highest BCUT2D eigenvalue weighted by molar-refractivity contribution is 5.41. The molecule has 0 bridgehead atoms. The summed E-state index contributed by atoms with van der Waals surface area (Å²) < 4.78 is 11.4. The van der Waals surface area contributed by atoms with Crippen molar-refractivity contribution in [2.45, 2.75) is 46.3 Å². The smallest absolute Gasteiger partial charge is 0.146 e. The quantitative estimate of drug-likeness (QED) is 0.918. The third-order valence-corrected chi connectivity index (χ3v) is 3.36. The molecular weight excluding hydrogens is 250 g/mol. The Morgan fingerprint density at radius 3 is 2.60 bits per heavy atom. The maximum atomic E-state index is 5.96. The average molecular weight is 273 g/mol. The Bertz CT molecular complexity index is 579. The van der Waals surface area contributed by atoms with E-state index in [2.05, 4.69) is 39.8 Å². The van der Waals surface area contributed by atoms with Crippen LogP contribution >= 0.6 is 0 Å². The number of hydrogen-bond donors (Lipinski definition) is 1. The lowest BCUT2D eigenvalue weighted by molar-refractivity contribution is 0.262. The van der Waals surface area contributed by atoms with Gasteiger partial charge in [0.15, 0.2) is 0 Å². The minimum absolute atomic E-state index is 0.0429. The maximum Gasteiger partial charge on any atom is 0.146 e. The Balaban J connectivity index is 2.22. The summed E-state index contributed by atoms with van der Waals surface area (Å²) in [7, 11) is 0. The molecule has 0 aliphatic carbocycles. The fourth-order valence-electron chi connectivity index (χ4n) is 2.17. The van der Waals surface area contributed by atoms with Crippen LogP contribution in [0.1, 0.15) is 43.2 Å². The zero-order valence-corrected chi connectivity index (χ0v) is 12.7. The highest BCUT2D eigenvalue weighted by atomic mass is 16.5. The van der Waals surface area contributed by atoms with Gasteiger partial charge in [0.05, 0.1) is 6.26 Å². The third kappa shape index (κ3) is 3.23. The molecule has 20 heavy (non-hydrogen) atoms. The van der Waals surface area contributed by atoms with E-state index in [1.54, 1.807) is 6.26 Å². The predicted molar refractivity (Wildman–Crippen MR) is 80.8 cm³/mol. The topological polar surface area (TPSA) is 48.4 Å².